The van der Waals surface area contributed by atoms with E-state index >= 15 is 0 Å². The number of carbonyl (C=O) groups is 1. The van der Waals surface area contributed by atoms with Crippen LogP contribution >= 0.6 is 11.6 Å². The molecule has 0 bridgehead atoms. The molecule has 27 heavy (non-hydrogen) atoms. The summed E-state index contributed by atoms with van der Waals surface area (Å²) in [5.74, 6) is -0.704. The van der Waals surface area contributed by atoms with E-state index in [-0.39, 0.29) is 39.1 Å². The van der Waals surface area contributed by atoms with Crippen LogP contribution in [0.1, 0.15) is 16.8 Å². The maximum Gasteiger partial charge on any atom is 0.252 e. The monoisotopic (exact) mass is 430 g/mol. The van der Waals surface area contributed by atoms with Gasteiger partial charge in [-0.25, -0.2) is 21.6 Å². The van der Waals surface area contributed by atoms with Gasteiger partial charge in [0.25, 0.3) is 5.91 Å². The molecule has 146 valence electrons. The first-order chi connectivity index (χ1) is 12.7. The number of amides is 1. The fourth-order valence-corrected chi connectivity index (χ4v) is 4.56. The van der Waals surface area contributed by atoms with Gasteiger partial charge < -0.3 is 5.32 Å². The van der Waals surface area contributed by atoms with Gasteiger partial charge >= 0.3 is 0 Å². The van der Waals surface area contributed by atoms with Crippen molar-refractivity contribution in [3.8, 4) is 0 Å². The number of halogens is 1. The molecule has 0 fully saturated rings. The zero-order chi connectivity index (χ0) is 20.1. The Hall–Kier alpha value is -1.94. The molecule has 0 saturated carbocycles. The maximum absolute atomic E-state index is 12.3. The van der Waals surface area contributed by atoms with Crippen LogP contribution in [0.25, 0.3) is 0 Å². The second-order valence-corrected chi connectivity index (χ2v) is 9.99. The van der Waals surface area contributed by atoms with Crippen LogP contribution in [0.15, 0.2) is 58.3 Å². The number of carbonyl (C=O) groups excluding carboxylic acids is 1. The van der Waals surface area contributed by atoms with Gasteiger partial charge in [-0.05, 0) is 43.8 Å². The van der Waals surface area contributed by atoms with Gasteiger partial charge in [0.2, 0.25) is 10.0 Å². The largest absolute Gasteiger partial charge is 0.352 e. The van der Waals surface area contributed by atoms with Crippen molar-refractivity contribution in [3.05, 3.63) is 59.1 Å². The molecule has 0 aliphatic rings. The molecule has 0 aliphatic heterocycles. The first kappa shape index (κ1) is 21.4. The van der Waals surface area contributed by atoms with E-state index in [2.05, 4.69) is 10.0 Å². The zero-order valence-corrected chi connectivity index (χ0v) is 16.9. The van der Waals surface area contributed by atoms with E-state index in [1.165, 1.54) is 37.4 Å². The van der Waals surface area contributed by atoms with Crippen molar-refractivity contribution < 1.29 is 21.6 Å². The summed E-state index contributed by atoms with van der Waals surface area (Å²) in [7, 11) is -5.88. The summed E-state index contributed by atoms with van der Waals surface area (Å²) in [6.45, 7) is 0.101. The summed E-state index contributed by atoms with van der Waals surface area (Å²) in [5, 5.41) is 2.65. The molecule has 0 atom stereocenters. The Kier molecular flexibility index (Phi) is 6.99. The molecule has 0 unspecified atom stereocenters. The van der Waals surface area contributed by atoms with Crippen molar-refractivity contribution >= 4 is 37.4 Å². The molecule has 2 N–H and O–H groups in total. The third kappa shape index (κ3) is 5.52. The molecule has 7 nitrogen and oxygen atoms in total. The molecule has 0 heterocycles. The van der Waals surface area contributed by atoms with Crippen molar-refractivity contribution in [3.63, 3.8) is 0 Å². The zero-order valence-electron chi connectivity index (χ0n) is 14.5. The summed E-state index contributed by atoms with van der Waals surface area (Å²) in [4.78, 5) is 12.4. The van der Waals surface area contributed by atoms with Crippen LogP contribution in [-0.4, -0.2) is 42.1 Å². The minimum Gasteiger partial charge on any atom is -0.352 e. The number of benzene rings is 2. The number of rotatable bonds is 8. The number of sulfonamides is 1. The van der Waals surface area contributed by atoms with Crippen LogP contribution in [0.4, 0.5) is 0 Å². The van der Waals surface area contributed by atoms with E-state index in [4.69, 9.17) is 11.6 Å². The van der Waals surface area contributed by atoms with E-state index < -0.39 is 25.8 Å². The van der Waals surface area contributed by atoms with Crippen molar-refractivity contribution in [2.24, 2.45) is 0 Å². The third-order valence-corrected chi connectivity index (χ3v) is 7.30. The molecular formula is C17H19ClN2O5S2. The van der Waals surface area contributed by atoms with Crippen LogP contribution in [-0.2, 0) is 19.9 Å². The minimum absolute atomic E-state index is 0.00101. The molecule has 2 aromatic rings. The van der Waals surface area contributed by atoms with Gasteiger partial charge in [0.05, 0.1) is 26.1 Å². The highest BCUT2D eigenvalue weighted by atomic mass is 35.5. The molecule has 0 radical (unpaired) electrons. The molecular weight excluding hydrogens is 412 g/mol. The smallest absolute Gasteiger partial charge is 0.252 e. The Morgan fingerprint density at radius 1 is 1.00 bits per heavy atom. The Balaban J connectivity index is 1.99. The van der Waals surface area contributed by atoms with Gasteiger partial charge in [0.15, 0.2) is 9.84 Å². The molecule has 0 spiro atoms. The average Bonchev–Trinajstić information content (AvgIpc) is 2.66. The van der Waals surface area contributed by atoms with Gasteiger partial charge in [-0.15, -0.1) is 0 Å². The van der Waals surface area contributed by atoms with Gasteiger partial charge in [-0.2, -0.15) is 0 Å². The quantitative estimate of drug-likeness (QED) is 0.621. The van der Waals surface area contributed by atoms with Gasteiger partial charge in [-0.3, -0.25) is 4.79 Å². The van der Waals surface area contributed by atoms with E-state index in [0.29, 0.717) is 0 Å². The van der Waals surface area contributed by atoms with Gasteiger partial charge in [0, 0.05) is 6.54 Å². The lowest BCUT2D eigenvalue weighted by atomic mass is 10.2. The van der Waals surface area contributed by atoms with Gasteiger partial charge in [0.1, 0.15) is 0 Å². The van der Waals surface area contributed by atoms with Crippen molar-refractivity contribution in [1.29, 1.82) is 0 Å². The number of hydrogen-bond donors (Lipinski definition) is 2. The van der Waals surface area contributed by atoms with E-state index in [9.17, 15) is 21.6 Å². The van der Waals surface area contributed by atoms with Crippen molar-refractivity contribution in [2.45, 2.75) is 16.2 Å². The normalized spacial score (nSPS) is 11.9. The van der Waals surface area contributed by atoms with Crippen LogP contribution in [0.2, 0.25) is 5.02 Å². The Bertz CT molecular complexity index is 1020. The van der Waals surface area contributed by atoms with Crippen LogP contribution in [0, 0.1) is 0 Å². The standard InChI is InChI=1S/C17H19ClN2O5S2/c1-19-27(24,25)14-8-9-16(18)15(12-14)17(21)20-10-5-11-26(22,23)13-6-3-2-4-7-13/h2-4,6-9,12,19H,5,10-11H2,1H3,(H,20,21). The second-order valence-electron chi connectivity index (χ2n) is 5.59. The van der Waals surface area contributed by atoms with E-state index in [0.717, 1.165) is 0 Å². The Morgan fingerprint density at radius 2 is 1.67 bits per heavy atom. The highest BCUT2D eigenvalue weighted by molar-refractivity contribution is 7.91. The van der Waals surface area contributed by atoms with Crippen molar-refractivity contribution in [2.75, 3.05) is 19.3 Å². The van der Waals surface area contributed by atoms with Crippen LogP contribution in [0.3, 0.4) is 0 Å². The fraction of sp³-hybridized carbons (Fsp3) is 0.235. The lowest BCUT2D eigenvalue weighted by Crippen LogP contribution is -2.27. The average molecular weight is 431 g/mol. The lowest BCUT2D eigenvalue weighted by molar-refractivity contribution is 0.0953. The van der Waals surface area contributed by atoms with Crippen LogP contribution in [0.5, 0.6) is 0 Å². The topological polar surface area (TPSA) is 109 Å². The number of hydrogen-bond acceptors (Lipinski definition) is 5. The van der Waals surface area contributed by atoms with Crippen molar-refractivity contribution in [1.82, 2.24) is 10.0 Å². The summed E-state index contributed by atoms with van der Waals surface area (Å²) in [5.41, 5.74) is -0.00101. The number of sulfone groups is 1. The summed E-state index contributed by atoms with van der Waals surface area (Å²) in [6.07, 6.45) is 0.203. The summed E-state index contributed by atoms with van der Waals surface area (Å²) < 4.78 is 50.2. The molecule has 2 aromatic carbocycles. The Morgan fingerprint density at radius 3 is 2.30 bits per heavy atom. The molecule has 10 heteroatoms. The first-order valence-corrected chi connectivity index (χ1v) is 11.5. The minimum atomic E-state index is -3.71. The predicted molar refractivity (Wildman–Crippen MR) is 103 cm³/mol. The lowest BCUT2D eigenvalue weighted by Gasteiger charge is -2.09. The summed E-state index contributed by atoms with van der Waals surface area (Å²) in [6, 6.07) is 11.8. The molecule has 0 aromatic heterocycles. The van der Waals surface area contributed by atoms with E-state index in [1.807, 2.05) is 0 Å². The maximum atomic E-state index is 12.3. The Labute approximate surface area is 163 Å². The van der Waals surface area contributed by atoms with Crippen LogP contribution < -0.4 is 10.0 Å². The molecule has 1 amide bonds. The predicted octanol–water partition coefficient (Wildman–Crippen LogP) is 1.84. The highest BCUT2D eigenvalue weighted by Crippen LogP contribution is 2.20. The fourth-order valence-electron chi connectivity index (χ4n) is 2.27. The first-order valence-electron chi connectivity index (χ1n) is 7.96. The SMILES string of the molecule is CNS(=O)(=O)c1ccc(Cl)c(C(=O)NCCCS(=O)(=O)c2ccccc2)c1. The summed E-state index contributed by atoms with van der Waals surface area (Å²) >= 11 is 5.98. The molecule has 0 aliphatic carbocycles. The second kappa shape index (κ2) is 8.83. The molecule has 2 rings (SSSR count). The number of nitrogens with one attached hydrogen (secondary N) is 2. The molecule has 0 saturated heterocycles. The highest BCUT2D eigenvalue weighted by Gasteiger charge is 2.18. The third-order valence-electron chi connectivity index (χ3n) is 3.74. The van der Waals surface area contributed by atoms with E-state index in [1.54, 1.807) is 18.2 Å². The van der Waals surface area contributed by atoms with Gasteiger partial charge in [-0.1, -0.05) is 29.8 Å².